The molecule has 1 unspecified atom stereocenters. The largest absolute Gasteiger partial charge is 0.449 e. The molecule has 0 saturated carbocycles. The van der Waals surface area contributed by atoms with E-state index in [4.69, 9.17) is 11.6 Å². The van der Waals surface area contributed by atoms with Gasteiger partial charge in [0.1, 0.15) is 0 Å². The number of carbonyl (C=O) groups is 1. The van der Waals surface area contributed by atoms with Crippen molar-refractivity contribution in [3.63, 3.8) is 0 Å². The molecule has 94 valence electrons. The minimum Gasteiger partial charge on any atom is -0.449 e. The number of hydrogen-bond acceptors (Lipinski definition) is 4. The molecule has 1 amide bonds. The van der Waals surface area contributed by atoms with Gasteiger partial charge in [-0.15, -0.1) is 11.6 Å². The van der Waals surface area contributed by atoms with E-state index >= 15 is 0 Å². The van der Waals surface area contributed by atoms with Crippen molar-refractivity contribution in [2.75, 3.05) is 19.7 Å². The Kier molecular flexibility index (Phi) is 4.82. The molecule has 6 nitrogen and oxygen atoms in total. The number of rotatable bonds is 3. The monoisotopic (exact) mass is 270 g/mol. The molecular weight excluding hydrogens is 256 g/mol. The minimum atomic E-state index is -3.81. The highest BCUT2D eigenvalue weighted by molar-refractivity contribution is 7.87. The van der Waals surface area contributed by atoms with E-state index in [1.165, 1.54) is 0 Å². The van der Waals surface area contributed by atoms with E-state index in [-0.39, 0.29) is 18.5 Å². The molecule has 0 radical (unpaired) electrons. The van der Waals surface area contributed by atoms with Crippen LogP contribution in [0, 0.1) is 0 Å². The van der Waals surface area contributed by atoms with Crippen molar-refractivity contribution in [2.45, 2.75) is 25.1 Å². The molecule has 1 aliphatic heterocycles. The molecule has 1 fully saturated rings. The molecule has 1 heterocycles. The molecule has 0 aliphatic carbocycles. The molecule has 0 aromatic heterocycles. The Morgan fingerprint density at radius 2 is 2.31 bits per heavy atom. The van der Waals surface area contributed by atoms with Crippen molar-refractivity contribution in [3.05, 3.63) is 0 Å². The van der Waals surface area contributed by atoms with Gasteiger partial charge in [0.15, 0.2) is 0 Å². The van der Waals surface area contributed by atoms with Crippen molar-refractivity contribution in [1.29, 1.82) is 0 Å². The summed E-state index contributed by atoms with van der Waals surface area (Å²) in [5.74, 6) is 0. The summed E-state index contributed by atoms with van der Waals surface area (Å²) in [6.45, 7) is 2.32. The second-order valence-corrected chi connectivity index (χ2v) is 5.71. The van der Waals surface area contributed by atoms with Gasteiger partial charge in [0.05, 0.1) is 6.61 Å². The van der Waals surface area contributed by atoms with Gasteiger partial charge in [-0.1, -0.05) is 0 Å². The van der Waals surface area contributed by atoms with Crippen molar-refractivity contribution in [2.24, 2.45) is 0 Å². The van der Waals surface area contributed by atoms with E-state index in [2.05, 4.69) is 4.74 Å². The van der Waals surface area contributed by atoms with Gasteiger partial charge in [-0.2, -0.15) is 12.7 Å². The maximum atomic E-state index is 11.7. The van der Waals surface area contributed by atoms with Crippen LogP contribution in [-0.2, 0) is 14.9 Å². The summed E-state index contributed by atoms with van der Waals surface area (Å²) in [4.78, 5) is 11.0. The third-order valence-corrected chi connectivity index (χ3v) is 3.95. The summed E-state index contributed by atoms with van der Waals surface area (Å²) in [5, 5.41) is -0.201. The van der Waals surface area contributed by atoms with Crippen LogP contribution in [0.25, 0.3) is 0 Å². The number of halogens is 1. The first kappa shape index (κ1) is 13.5. The predicted molar refractivity (Wildman–Crippen MR) is 59.5 cm³/mol. The van der Waals surface area contributed by atoms with Gasteiger partial charge in [-0.25, -0.2) is 9.52 Å². The predicted octanol–water partition coefficient (Wildman–Crippen LogP) is 0.680. The van der Waals surface area contributed by atoms with Gasteiger partial charge < -0.3 is 4.74 Å². The average Bonchev–Trinajstić information content (AvgIpc) is 2.17. The van der Waals surface area contributed by atoms with Gasteiger partial charge in [-0.3, -0.25) is 0 Å². The third-order valence-electron chi connectivity index (χ3n) is 2.15. The second-order valence-electron chi connectivity index (χ2n) is 3.43. The molecule has 1 saturated heterocycles. The van der Waals surface area contributed by atoms with Crippen molar-refractivity contribution >= 4 is 27.9 Å². The summed E-state index contributed by atoms with van der Waals surface area (Å²) in [6, 6.07) is 0. The SMILES string of the molecule is CCOC(=O)NS(=O)(=O)N1CCCC(Cl)C1. The fourth-order valence-corrected chi connectivity index (χ4v) is 2.99. The van der Waals surface area contributed by atoms with Crippen molar-refractivity contribution in [3.8, 4) is 0 Å². The Hall–Kier alpha value is -0.530. The highest BCUT2D eigenvalue weighted by atomic mass is 35.5. The van der Waals surface area contributed by atoms with Crippen LogP contribution in [0.5, 0.6) is 0 Å². The number of alkyl halides is 1. The second kappa shape index (κ2) is 5.70. The van der Waals surface area contributed by atoms with Gasteiger partial charge >= 0.3 is 16.3 Å². The van der Waals surface area contributed by atoms with E-state index in [9.17, 15) is 13.2 Å². The Morgan fingerprint density at radius 1 is 1.62 bits per heavy atom. The first-order chi connectivity index (χ1) is 7.45. The normalized spacial score (nSPS) is 22.8. The summed E-state index contributed by atoms with van der Waals surface area (Å²) in [6.07, 6.45) is 0.518. The van der Waals surface area contributed by atoms with Crippen LogP contribution in [0.1, 0.15) is 19.8 Å². The van der Waals surface area contributed by atoms with E-state index < -0.39 is 16.3 Å². The lowest BCUT2D eigenvalue weighted by atomic mass is 10.2. The minimum absolute atomic E-state index is 0.124. The van der Waals surface area contributed by atoms with Crippen LogP contribution >= 0.6 is 11.6 Å². The molecule has 1 aliphatic rings. The van der Waals surface area contributed by atoms with Crippen LogP contribution in [0.4, 0.5) is 4.79 Å². The number of piperidine rings is 1. The molecule has 1 atom stereocenters. The van der Waals surface area contributed by atoms with Crippen LogP contribution in [-0.4, -0.2) is 43.9 Å². The smallest absolute Gasteiger partial charge is 0.421 e. The first-order valence-corrected chi connectivity index (χ1v) is 6.92. The number of nitrogens with zero attached hydrogens (tertiary/aromatic N) is 1. The molecule has 0 aromatic carbocycles. The zero-order chi connectivity index (χ0) is 12.2. The molecule has 0 spiro atoms. The summed E-state index contributed by atoms with van der Waals surface area (Å²) in [7, 11) is -3.81. The molecule has 1 N–H and O–H groups in total. The van der Waals surface area contributed by atoms with Gasteiger partial charge in [0.25, 0.3) is 0 Å². The number of nitrogens with one attached hydrogen (secondary N) is 1. The number of hydrogen-bond donors (Lipinski definition) is 1. The highest BCUT2D eigenvalue weighted by Gasteiger charge is 2.29. The van der Waals surface area contributed by atoms with Gasteiger partial charge in [0.2, 0.25) is 0 Å². The molecule has 0 aromatic rings. The lowest BCUT2D eigenvalue weighted by Gasteiger charge is -2.28. The molecular formula is C8H15ClN2O4S. The van der Waals surface area contributed by atoms with Crippen LogP contribution in [0.3, 0.4) is 0 Å². The third kappa shape index (κ3) is 3.80. The topological polar surface area (TPSA) is 75.7 Å². The number of ether oxygens (including phenoxy) is 1. The van der Waals surface area contributed by atoms with E-state index in [0.717, 1.165) is 10.7 Å². The Bertz CT molecular complexity index is 346. The zero-order valence-electron chi connectivity index (χ0n) is 8.98. The lowest BCUT2D eigenvalue weighted by Crippen LogP contribution is -2.48. The molecule has 1 rings (SSSR count). The molecule has 0 bridgehead atoms. The van der Waals surface area contributed by atoms with Gasteiger partial charge in [-0.05, 0) is 19.8 Å². The Balaban J connectivity index is 2.59. The average molecular weight is 271 g/mol. The maximum Gasteiger partial charge on any atom is 0.421 e. The highest BCUT2D eigenvalue weighted by Crippen LogP contribution is 2.17. The van der Waals surface area contributed by atoms with Crippen LogP contribution in [0.2, 0.25) is 0 Å². The standard InChI is InChI=1S/C8H15ClN2O4S/c1-2-15-8(12)10-16(13,14)11-5-3-4-7(9)6-11/h7H,2-6H2,1H3,(H,10,12). The summed E-state index contributed by atoms with van der Waals surface area (Å²) < 4.78 is 30.8. The Morgan fingerprint density at radius 3 is 2.88 bits per heavy atom. The number of carbonyl (C=O) groups excluding carboxylic acids is 1. The first-order valence-electron chi connectivity index (χ1n) is 5.04. The van der Waals surface area contributed by atoms with E-state index in [0.29, 0.717) is 13.0 Å². The van der Waals surface area contributed by atoms with E-state index in [1.807, 2.05) is 4.72 Å². The quantitative estimate of drug-likeness (QED) is 0.765. The molecule has 16 heavy (non-hydrogen) atoms. The summed E-state index contributed by atoms with van der Waals surface area (Å²) in [5.41, 5.74) is 0. The van der Waals surface area contributed by atoms with Crippen LogP contribution < -0.4 is 4.72 Å². The van der Waals surface area contributed by atoms with Gasteiger partial charge in [0, 0.05) is 18.5 Å². The van der Waals surface area contributed by atoms with Crippen molar-refractivity contribution < 1.29 is 17.9 Å². The number of amides is 1. The van der Waals surface area contributed by atoms with E-state index in [1.54, 1.807) is 6.92 Å². The van der Waals surface area contributed by atoms with Crippen molar-refractivity contribution in [1.82, 2.24) is 9.03 Å². The summed E-state index contributed by atoms with van der Waals surface area (Å²) >= 11 is 5.87. The lowest BCUT2D eigenvalue weighted by molar-refractivity contribution is 0.158. The fraction of sp³-hybridized carbons (Fsp3) is 0.875. The van der Waals surface area contributed by atoms with Crippen LogP contribution in [0.15, 0.2) is 0 Å². The zero-order valence-corrected chi connectivity index (χ0v) is 10.6. The molecule has 8 heteroatoms. The Labute approximate surface area is 100 Å². The fourth-order valence-electron chi connectivity index (χ4n) is 1.44. The maximum absolute atomic E-state index is 11.7.